The summed E-state index contributed by atoms with van der Waals surface area (Å²) in [6.45, 7) is 1.98. The summed E-state index contributed by atoms with van der Waals surface area (Å²) >= 11 is 1.56. The molecule has 1 aliphatic rings. The molecule has 0 unspecified atom stereocenters. The van der Waals surface area contributed by atoms with Crippen molar-refractivity contribution >= 4 is 33.3 Å². The molecule has 128 valence electrons. The number of para-hydroxylation sites is 1. The van der Waals surface area contributed by atoms with Gasteiger partial charge in [-0.1, -0.05) is 23.5 Å². The van der Waals surface area contributed by atoms with Crippen molar-refractivity contribution < 1.29 is 4.79 Å². The van der Waals surface area contributed by atoms with E-state index in [0.717, 1.165) is 38.0 Å². The van der Waals surface area contributed by atoms with Crippen LogP contribution < -0.4 is 5.32 Å². The van der Waals surface area contributed by atoms with Crippen LogP contribution in [0.5, 0.6) is 0 Å². The maximum atomic E-state index is 12.4. The van der Waals surface area contributed by atoms with Crippen molar-refractivity contribution in [2.75, 3.05) is 5.32 Å². The molecule has 4 heterocycles. The number of nitrogens with one attached hydrogen (secondary N) is 1. The number of aryl methyl sites for hydroxylation is 1. The van der Waals surface area contributed by atoms with E-state index in [2.05, 4.69) is 15.3 Å². The average molecular weight is 361 g/mol. The maximum absolute atomic E-state index is 12.4. The van der Waals surface area contributed by atoms with Crippen molar-refractivity contribution in [3.8, 4) is 5.13 Å². The summed E-state index contributed by atoms with van der Waals surface area (Å²) in [5, 5.41) is 8.46. The van der Waals surface area contributed by atoms with Gasteiger partial charge in [-0.05, 0) is 36.8 Å². The molecule has 1 atom stereocenters. The third-order valence-corrected chi connectivity index (χ3v) is 5.69. The predicted octanol–water partition coefficient (Wildman–Crippen LogP) is 3.66. The monoisotopic (exact) mass is 361 g/mol. The highest BCUT2D eigenvalue weighted by Crippen LogP contribution is 2.40. The van der Waals surface area contributed by atoms with E-state index in [9.17, 15) is 4.79 Å². The molecule has 0 bridgehead atoms. The van der Waals surface area contributed by atoms with Crippen LogP contribution in [0, 0.1) is 6.92 Å². The quantitative estimate of drug-likeness (QED) is 0.591. The lowest BCUT2D eigenvalue weighted by molar-refractivity contribution is -0.116. The van der Waals surface area contributed by atoms with Gasteiger partial charge in [0.15, 0.2) is 0 Å². The summed E-state index contributed by atoms with van der Waals surface area (Å²) in [4.78, 5) is 21.2. The number of benzene rings is 1. The average Bonchev–Trinajstić information content (AvgIpc) is 3.23. The number of amides is 1. The van der Waals surface area contributed by atoms with Crippen molar-refractivity contribution in [3.05, 3.63) is 65.6 Å². The van der Waals surface area contributed by atoms with Gasteiger partial charge < -0.3 is 5.32 Å². The van der Waals surface area contributed by atoms with E-state index < -0.39 is 0 Å². The Hall–Kier alpha value is -3.06. The SMILES string of the molecule is Cc1nn(-c2nc3ccccc3s2)c2c1[C@@H](c1ccncc1)CC(=O)N2. The first-order chi connectivity index (χ1) is 12.7. The molecule has 4 aromatic rings. The molecule has 7 heteroatoms. The van der Waals surface area contributed by atoms with Crippen LogP contribution in [0.15, 0.2) is 48.8 Å². The van der Waals surface area contributed by atoms with Crippen LogP contribution in [0.1, 0.15) is 29.2 Å². The predicted molar refractivity (Wildman–Crippen MR) is 101 cm³/mol. The molecule has 26 heavy (non-hydrogen) atoms. The number of hydrogen-bond acceptors (Lipinski definition) is 5. The Balaban J connectivity index is 1.69. The van der Waals surface area contributed by atoms with Crippen molar-refractivity contribution in [1.29, 1.82) is 0 Å². The smallest absolute Gasteiger partial charge is 0.226 e. The lowest BCUT2D eigenvalue weighted by Crippen LogP contribution is -2.24. The van der Waals surface area contributed by atoms with Crippen molar-refractivity contribution in [2.45, 2.75) is 19.3 Å². The van der Waals surface area contributed by atoms with Gasteiger partial charge in [-0.2, -0.15) is 9.78 Å². The number of pyridine rings is 1. The number of thiazole rings is 1. The molecule has 1 aromatic carbocycles. The van der Waals surface area contributed by atoms with Gasteiger partial charge in [0.1, 0.15) is 5.82 Å². The van der Waals surface area contributed by atoms with E-state index >= 15 is 0 Å². The molecule has 0 saturated carbocycles. The fraction of sp³-hybridized carbons (Fsp3) is 0.158. The second-order valence-electron chi connectivity index (χ2n) is 6.31. The van der Waals surface area contributed by atoms with Crippen molar-refractivity contribution in [1.82, 2.24) is 19.7 Å². The fourth-order valence-electron chi connectivity index (χ4n) is 3.52. The number of carbonyl (C=O) groups is 1. The zero-order valence-electron chi connectivity index (χ0n) is 14.0. The lowest BCUT2D eigenvalue weighted by Gasteiger charge is -2.23. The van der Waals surface area contributed by atoms with Gasteiger partial charge in [0.05, 0.1) is 15.9 Å². The van der Waals surface area contributed by atoms with Gasteiger partial charge in [-0.3, -0.25) is 9.78 Å². The van der Waals surface area contributed by atoms with Gasteiger partial charge in [-0.25, -0.2) is 4.98 Å². The van der Waals surface area contributed by atoms with Crippen molar-refractivity contribution in [2.24, 2.45) is 0 Å². The maximum Gasteiger partial charge on any atom is 0.226 e. The second-order valence-corrected chi connectivity index (χ2v) is 7.32. The molecule has 3 aromatic heterocycles. The standard InChI is InChI=1S/C19H15N5OS/c1-11-17-13(12-6-8-20-9-7-12)10-16(25)22-18(17)24(23-11)19-21-14-4-2-3-5-15(14)26-19/h2-9,13H,10H2,1H3,(H,22,25)/t13-/m1/s1. The van der Waals surface area contributed by atoms with E-state index in [0.29, 0.717) is 6.42 Å². The summed E-state index contributed by atoms with van der Waals surface area (Å²) in [7, 11) is 0. The molecular formula is C19H15N5OS. The van der Waals surface area contributed by atoms with Crippen LogP contribution in [-0.4, -0.2) is 25.7 Å². The largest absolute Gasteiger partial charge is 0.310 e. The zero-order chi connectivity index (χ0) is 17.7. The molecule has 0 saturated heterocycles. The van der Waals surface area contributed by atoms with Gasteiger partial charge in [0.2, 0.25) is 11.0 Å². The number of anilines is 1. The molecule has 0 aliphatic carbocycles. The van der Waals surface area contributed by atoms with Gasteiger partial charge in [0.25, 0.3) is 0 Å². The fourth-order valence-corrected chi connectivity index (χ4v) is 4.44. The highest BCUT2D eigenvalue weighted by atomic mass is 32.1. The zero-order valence-corrected chi connectivity index (χ0v) is 14.8. The van der Waals surface area contributed by atoms with E-state index in [1.165, 1.54) is 0 Å². The summed E-state index contributed by atoms with van der Waals surface area (Å²) in [5.41, 5.74) is 3.96. The summed E-state index contributed by atoms with van der Waals surface area (Å²) in [5.74, 6) is 0.686. The molecular weight excluding hydrogens is 346 g/mol. The number of nitrogens with zero attached hydrogens (tertiary/aromatic N) is 4. The lowest BCUT2D eigenvalue weighted by atomic mass is 9.86. The van der Waals surface area contributed by atoms with E-state index in [4.69, 9.17) is 5.10 Å². The van der Waals surface area contributed by atoms with Gasteiger partial charge in [-0.15, -0.1) is 0 Å². The van der Waals surface area contributed by atoms with Crippen LogP contribution >= 0.6 is 11.3 Å². The van der Waals surface area contributed by atoms with Crippen LogP contribution in [0.2, 0.25) is 0 Å². The Morgan fingerprint density at radius 1 is 1.19 bits per heavy atom. The Morgan fingerprint density at radius 2 is 2.00 bits per heavy atom. The minimum Gasteiger partial charge on any atom is -0.310 e. The minimum atomic E-state index is -0.0233. The molecule has 1 N–H and O–H groups in total. The highest BCUT2D eigenvalue weighted by molar-refractivity contribution is 7.20. The molecule has 0 radical (unpaired) electrons. The second kappa shape index (κ2) is 5.74. The van der Waals surface area contributed by atoms with E-state index in [1.54, 1.807) is 28.4 Å². The Labute approximate surface area is 153 Å². The first-order valence-electron chi connectivity index (χ1n) is 8.36. The number of carbonyl (C=O) groups excluding carboxylic acids is 1. The molecule has 1 amide bonds. The third kappa shape index (κ3) is 2.32. The van der Waals surface area contributed by atoms with Crippen LogP contribution in [0.3, 0.4) is 0 Å². The number of aromatic nitrogens is 4. The van der Waals surface area contributed by atoms with E-state index in [1.807, 2.05) is 43.3 Å². The van der Waals surface area contributed by atoms with Crippen LogP contribution in [-0.2, 0) is 4.79 Å². The van der Waals surface area contributed by atoms with Gasteiger partial charge >= 0.3 is 0 Å². The minimum absolute atomic E-state index is 0.0124. The Kier molecular flexibility index (Phi) is 3.36. The summed E-state index contributed by atoms with van der Waals surface area (Å²) in [6, 6.07) is 11.9. The Morgan fingerprint density at radius 3 is 2.81 bits per heavy atom. The molecule has 1 aliphatic heterocycles. The van der Waals surface area contributed by atoms with Crippen molar-refractivity contribution in [3.63, 3.8) is 0 Å². The summed E-state index contributed by atoms with van der Waals surface area (Å²) < 4.78 is 2.86. The molecule has 0 fully saturated rings. The number of hydrogen-bond donors (Lipinski definition) is 1. The molecule has 0 spiro atoms. The van der Waals surface area contributed by atoms with E-state index in [-0.39, 0.29) is 11.8 Å². The normalized spacial score (nSPS) is 16.5. The van der Waals surface area contributed by atoms with Crippen LogP contribution in [0.25, 0.3) is 15.3 Å². The topological polar surface area (TPSA) is 72.7 Å². The molecule has 6 nitrogen and oxygen atoms in total. The summed E-state index contributed by atoms with van der Waals surface area (Å²) in [6.07, 6.45) is 3.92. The Bertz CT molecular complexity index is 1100. The highest BCUT2D eigenvalue weighted by Gasteiger charge is 2.33. The number of fused-ring (bicyclic) bond motifs is 2. The van der Waals surface area contributed by atoms with Gasteiger partial charge in [0, 0.05) is 30.3 Å². The number of rotatable bonds is 2. The first kappa shape index (κ1) is 15.2. The molecule has 5 rings (SSSR count). The third-order valence-electron chi connectivity index (χ3n) is 4.67. The first-order valence-corrected chi connectivity index (χ1v) is 9.17. The van der Waals surface area contributed by atoms with Crippen LogP contribution in [0.4, 0.5) is 5.82 Å².